The first kappa shape index (κ1) is 13.2. The van der Waals surface area contributed by atoms with Crippen molar-refractivity contribution < 1.29 is 15.0 Å². The van der Waals surface area contributed by atoms with Crippen LogP contribution in [0.4, 0.5) is 0 Å². The van der Waals surface area contributed by atoms with E-state index in [4.69, 9.17) is 0 Å². The molecule has 3 heteroatoms. The minimum absolute atomic E-state index is 0.0103. The number of fused-ring (bicyclic) bond motifs is 5. The Labute approximate surface area is 125 Å². The zero-order chi connectivity index (χ0) is 14.8. The molecule has 4 atom stereocenters. The van der Waals surface area contributed by atoms with Crippen LogP contribution in [0.5, 0.6) is 11.5 Å². The Morgan fingerprint density at radius 3 is 2.76 bits per heavy atom. The molecular weight excluding hydrogens is 264 g/mol. The van der Waals surface area contributed by atoms with Gasteiger partial charge in [-0.05, 0) is 61.5 Å². The molecule has 1 aromatic rings. The summed E-state index contributed by atoms with van der Waals surface area (Å²) in [6, 6.07) is 3.60. The van der Waals surface area contributed by atoms with Gasteiger partial charge in [-0.25, -0.2) is 0 Å². The first-order valence-corrected chi connectivity index (χ1v) is 8.09. The van der Waals surface area contributed by atoms with Gasteiger partial charge in [-0.2, -0.15) is 0 Å². The van der Waals surface area contributed by atoms with Crippen LogP contribution in [0.25, 0.3) is 0 Å². The molecule has 2 saturated carbocycles. The number of benzene rings is 1. The highest BCUT2D eigenvalue weighted by atomic mass is 16.3. The number of Topliss-reactive ketones (excluding diaryl/α,β-unsaturated/α-hetero) is 1. The van der Waals surface area contributed by atoms with Crippen LogP contribution in [0.1, 0.15) is 56.1 Å². The number of hydrogen-bond acceptors (Lipinski definition) is 3. The smallest absolute Gasteiger partial charge is 0.160 e. The fourth-order valence-electron chi connectivity index (χ4n) is 5.41. The maximum Gasteiger partial charge on any atom is 0.160 e. The molecule has 3 aliphatic carbocycles. The van der Waals surface area contributed by atoms with E-state index in [0.29, 0.717) is 23.5 Å². The summed E-state index contributed by atoms with van der Waals surface area (Å²) < 4.78 is 0. The Kier molecular flexibility index (Phi) is 2.66. The quantitative estimate of drug-likeness (QED) is 0.717. The van der Waals surface area contributed by atoms with Crippen molar-refractivity contribution in [3.8, 4) is 11.5 Å². The van der Waals surface area contributed by atoms with E-state index in [1.807, 2.05) is 6.07 Å². The third-order valence-electron chi connectivity index (χ3n) is 6.57. The lowest BCUT2D eigenvalue weighted by Crippen LogP contribution is -2.42. The molecular formula is C18H22O3. The number of carbonyl (C=O) groups excluding carboxylic acids is 1. The third kappa shape index (κ3) is 1.63. The molecule has 21 heavy (non-hydrogen) atoms. The number of phenolic OH excluding ortho intramolecular Hbond substituents is 2. The summed E-state index contributed by atoms with van der Waals surface area (Å²) in [5.41, 5.74) is 2.05. The van der Waals surface area contributed by atoms with Gasteiger partial charge in [0.1, 0.15) is 5.78 Å². The van der Waals surface area contributed by atoms with Crippen molar-refractivity contribution >= 4 is 5.78 Å². The van der Waals surface area contributed by atoms with Gasteiger partial charge in [0, 0.05) is 17.4 Å². The number of hydrogen-bond donors (Lipinski definition) is 2. The Morgan fingerprint density at radius 1 is 1.14 bits per heavy atom. The van der Waals surface area contributed by atoms with Crippen LogP contribution >= 0.6 is 0 Å². The van der Waals surface area contributed by atoms with Crippen LogP contribution in [0.15, 0.2) is 12.1 Å². The van der Waals surface area contributed by atoms with Gasteiger partial charge in [0.25, 0.3) is 0 Å². The zero-order valence-electron chi connectivity index (χ0n) is 12.4. The molecule has 4 rings (SSSR count). The molecule has 0 bridgehead atoms. The summed E-state index contributed by atoms with van der Waals surface area (Å²) in [4.78, 5) is 12.3. The van der Waals surface area contributed by atoms with Gasteiger partial charge in [-0.15, -0.1) is 0 Å². The molecule has 3 nitrogen and oxygen atoms in total. The Morgan fingerprint density at radius 2 is 1.95 bits per heavy atom. The Balaban J connectivity index is 1.75. The van der Waals surface area contributed by atoms with Crippen LogP contribution in [0.3, 0.4) is 0 Å². The van der Waals surface area contributed by atoms with Crippen molar-refractivity contribution in [2.24, 2.45) is 17.3 Å². The average molecular weight is 286 g/mol. The van der Waals surface area contributed by atoms with Crippen molar-refractivity contribution in [1.29, 1.82) is 0 Å². The van der Waals surface area contributed by atoms with Gasteiger partial charge in [0.05, 0.1) is 0 Å². The standard InChI is InChI=1S/C18H22O3/c1-18-9-8-11-10-4-6-15(19)17(21)13(10)3-2-12(11)14(18)5-7-16(18)20/h4,6,11-12,14,19,21H,2-3,5,7-9H2,1H3/t11-,12-,14+,18+/m1/s1. The summed E-state index contributed by atoms with van der Waals surface area (Å²) in [7, 11) is 0. The average Bonchev–Trinajstić information content (AvgIpc) is 2.78. The Bertz CT molecular complexity index is 621. The highest BCUT2D eigenvalue weighted by Crippen LogP contribution is 2.60. The van der Waals surface area contributed by atoms with E-state index >= 15 is 0 Å². The SMILES string of the molecule is C[C@]12CC[C@@H]3c4ccc(O)c(O)c4CC[C@H]3[C@@H]1CCC2=O. The molecule has 2 fully saturated rings. The Hall–Kier alpha value is -1.51. The summed E-state index contributed by atoms with van der Waals surface area (Å²) in [5.74, 6) is 2.04. The highest BCUT2D eigenvalue weighted by Gasteiger charge is 2.54. The van der Waals surface area contributed by atoms with Gasteiger partial charge < -0.3 is 10.2 Å². The molecule has 2 N–H and O–H groups in total. The van der Waals surface area contributed by atoms with Crippen molar-refractivity contribution in [3.63, 3.8) is 0 Å². The number of aromatic hydroxyl groups is 2. The topological polar surface area (TPSA) is 57.5 Å². The van der Waals surface area contributed by atoms with Crippen LogP contribution < -0.4 is 0 Å². The van der Waals surface area contributed by atoms with Gasteiger partial charge in [-0.3, -0.25) is 4.79 Å². The summed E-state index contributed by atoms with van der Waals surface area (Å²) in [5, 5.41) is 19.8. The largest absolute Gasteiger partial charge is 0.504 e. The first-order valence-electron chi connectivity index (χ1n) is 8.09. The second-order valence-corrected chi connectivity index (χ2v) is 7.33. The van der Waals surface area contributed by atoms with E-state index in [0.717, 1.165) is 44.1 Å². The molecule has 0 radical (unpaired) electrons. The minimum atomic E-state index is -0.0996. The summed E-state index contributed by atoms with van der Waals surface area (Å²) >= 11 is 0. The predicted molar refractivity (Wildman–Crippen MR) is 79.4 cm³/mol. The number of ketones is 1. The van der Waals surface area contributed by atoms with Crippen molar-refractivity contribution in [2.75, 3.05) is 0 Å². The lowest BCUT2D eigenvalue weighted by molar-refractivity contribution is -0.129. The second-order valence-electron chi connectivity index (χ2n) is 7.33. The highest BCUT2D eigenvalue weighted by molar-refractivity contribution is 5.87. The van der Waals surface area contributed by atoms with E-state index < -0.39 is 0 Å². The van der Waals surface area contributed by atoms with Gasteiger partial charge in [0.15, 0.2) is 11.5 Å². The van der Waals surface area contributed by atoms with Crippen LogP contribution in [0.2, 0.25) is 0 Å². The molecule has 1 aromatic carbocycles. The summed E-state index contributed by atoms with van der Waals surface area (Å²) in [6.45, 7) is 2.17. The minimum Gasteiger partial charge on any atom is -0.504 e. The molecule has 0 spiro atoms. The second kappa shape index (κ2) is 4.25. The van der Waals surface area contributed by atoms with E-state index in [2.05, 4.69) is 6.92 Å². The zero-order valence-corrected chi connectivity index (χ0v) is 12.4. The maximum absolute atomic E-state index is 12.3. The molecule has 0 unspecified atom stereocenters. The van der Waals surface area contributed by atoms with E-state index in [-0.39, 0.29) is 16.9 Å². The van der Waals surface area contributed by atoms with E-state index in [1.54, 1.807) is 6.07 Å². The van der Waals surface area contributed by atoms with Gasteiger partial charge in [-0.1, -0.05) is 13.0 Å². The normalized spacial score (nSPS) is 37.8. The van der Waals surface area contributed by atoms with Crippen LogP contribution in [0, 0.1) is 17.3 Å². The van der Waals surface area contributed by atoms with Crippen molar-refractivity contribution in [3.05, 3.63) is 23.3 Å². The first-order chi connectivity index (χ1) is 10.0. The number of phenols is 2. The maximum atomic E-state index is 12.3. The van der Waals surface area contributed by atoms with E-state index in [1.165, 1.54) is 5.56 Å². The lowest BCUT2D eigenvalue weighted by atomic mass is 9.55. The molecule has 0 saturated heterocycles. The fraction of sp³-hybridized carbons (Fsp3) is 0.611. The van der Waals surface area contributed by atoms with Gasteiger partial charge >= 0.3 is 0 Å². The number of carbonyl (C=O) groups is 1. The van der Waals surface area contributed by atoms with E-state index in [9.17, 15) is 15.0 Å². The molecule has 0 aliphatic heterocycles. The molecule has 0 heterocycles. The van der Waals surface area contributed by atoms with Gasteiger partial charge in [0.2, 0.25) is 0 Å². The third-order valence-corrected chi connectivity index (χ3v) is 6.57. The van der Waals surface area contributed by atoms with Crippen molar-refractivity contribution in [2.45, 2.75) is 51.4 Å². The molecule has 3 aliphatic rings. The predicted octanol–water partition coefficient (Wildman–Crippen LogP) is 3.52. The molecule has 0 aromatic heterocycles. The van der Waals surface area contributed by atoms with Crippen LogP contribution in [-0.4, -0.2) is 16.0 Å². The van der Waals surface area contributed by atoms with Crippen LogP contribution in [-0.2, 0) is 11.2 Å². The molecule has 112 valence electrons. The molecule has 0 amide bonds. The fourth-order valence-corrected chi connectivity index (χ4v) is 5.41. The summed E-state index contributed by atoms with van der Waals surface area (Å²) in [6.07, 6.45) is 5.63. The monoisotopic (exact) mass is 286 g/mol. The number of rotatable bonds is 0. The lowest BCUT2D eigenvalue weighted by Gasteiger charge is -2.48. The van der Waals surface area contributed by atoms with Crippen molar-refractivity contribution in [1.82, 2.24) is 0 Å².